The van der Waals surface area contributed by atoms with Gasteiger partial charge in [0, 0.05) is 12.1 Å². The molecule has 1 aromatic rings. The first-order valence-corrected chi connectivity index (χ1v) is 6.12. The van der Waals surface area contributed by atoms with Gasteiger partial charge in [-0.3, -0.25) is 0 Å². The summed E-state index contributed by atoms with van der Waals surface area (Å²) in [4.78, 5) is 0. The summed E-state index contributed by atoms with van der Waals surface area (Å²) in [6.07, 6.45) is 4.26. The summed E-state index contributed by atoms with van der Waals surface area (Å²) >= 11 is 0. The van der Waals surface area contributed by atoms with E-state index in [0.29, 0.717) is 6.04 Å². The zero-order chi connectivity index (χ0) is 12.2. The van der Waals surface area contributed by atoms with Crippen molar-refractivity contribution in [2.75, 3.05) is 0 Å². The fourth-order valence-corrected chi connectivity index (χ4v) is 1.59. The first-order valence-electron chi connectivity index (χ1n) is 6.12. The predicted octanol–water partition coefficient (Wildman–Crippen LogP) is 2.53. The minimum absolute atomic E-state index is 0.124. The molecule has 1 N–H and O–H groups in total. The van der Waals surface area contributed by atoms with Gasteiger partial charge in [-0.15, -0.1) is 5.10 Å². The highest BCUT2D eigenvalue weighted by atomic mass is 15.4. The highest BCUT2D eigenvalue weighted by Crippen LogP contribution is 2.13. The van der Waals surface area contributed by atoms with Gasteiger partial charge in [0.15, 0.2) is 0 Å². The molecule has 0 atom stereocenters. The molecule has 0 aromatic carbocycles. The van der Waals surface area contributed by atoms with Crippen LogP contribution in [0.5, 0.6) is 0 Å². The van der Waals surface area contributed by atoms with Gasteiger partial charge in [-0.2, -0.15) is 0 Å². The number of rotatable bonds is 5. The second kappa shape index (κ2) is 5.43. The average Bonchev–Trinajstić information content (AvgIpc) is 2.65. The molecule has 0 spiro atoms. The van der Waals surface area contributed by atoms with Crippen molar-refractivity contribution >= 4 is 0 Å². The Balaban J connectivity index is 2.58. The Morgan fingerprint density at radius 3 is 2.44 bits per heavy atom. The zero-order valence-corrected chi connectivity index (χ0v) is 11.1. The van der Waals surface area contributed by atoms with Crippen LogP contribution in [-0.4, -0.2) is 20.5 Å². The Morgan fingerprint density at radius 1 is 1.31 bits per heavy atom. The Kier molecular flexibility index (Phi) is 4.47. The molecule has 0 aliphatic carbocycles. The molecule has 0 aliphatic rings. The number of nitrogens with zero attached hydrogens (tertiary/aromatic N) is 3. The maximum Gasteiger partial charge on any atom is 0.0965 e. The fourth-order valence-electron chi connectivity index (χ4n) is 1.59. The third-order valence-electron chi connectivity index (χ3n) is 2.67. The lowest BCUT2D eigenvalue weighted by molar-refractivity contribution is 0.418. The largest absolute Gasteiger partial charge is 0.306 e. The van der Waals surface area contributed by atoms with E-state index in [-0.39, 0.29) is 5.54 Å². The third kappa shape index (κ3) is 3.93. The molecule has 4 heteroatoms. The molecule has 16 heavy (non-hydrogen) atoms. The van der Waals surface area contributed by atoms with Crippen LogP contribution in [0, 0.1) is 0 Å². The van der Waals surface area contributed by atoms with E-state index in [1.54, 1.807) is 0 Å². The molecular weight excluding hydrogens is 200 g/mol. The molecule has 4 nitrogen and oxygen atoms in total. The summed E-state index contributed by atoms with van der Waals surface area (Å²) in [5, 5.41) is 11.8. The first kappa shape index (κ1) is 13.2. The van der Waals surface area contributed by atoms with Crippen LogP contribution in [0.4, 0.5) is 0 Å². The summed E-state index contributed by atoms with van der Waals surface area (Å²) < 4.78 is 1.99. The van der Waals surface area contributed by atoms with Gasteiger partial charge in [-0.1, -0.05) is 19.1 Å². The lowest BCUT2D eigenvalue weighted by atomic mass is 10.1. The van der Waals surface area contributed by atoms with Crippen molar-refractivity contribution in [3.8, 4) is 0 Å². The van der Waals surface area contributed by atoms with Crippen LogP contribution in [0.25, 0.3) is 0 Å². The van der Waals surface area contributed by atoms with Crippen molar-refractivity contribution in [2.45, 2.75) is 65.6 Å². The van der Waals surface area contributed by atoms with E-state index >= 15 is 0 Å². The minimum Gasteiger partial charge on any atom is -0.306 e. The smallest absolute Gasteiger partial charge is 0.0965 e. The SMILES string of the molecule is CCC(CC)n1cc(CNC(C)(C)C)nn1. The Hall–Kier alpha value is -0.900. The normalized spacial score (nSPS) is 12.4. The molecular formula is C12H24N4. The second-order valence-electron chi connectivity index (χ2n) is 5.26. The van der Waals surface area contributed by atoms with Crippen LogP contribution in [0.3, 0.4) is 0 Å². The quantitative estimate of drug-likeness (QED) is 0.835. The van der Waals surface area contributed by atoms with Crippen molar-refractivity contribution in [2.24, 2.45) is 0 Å². The fraction of sp³-hybridized carbons (Fsp3) is 0.833. The molecule has 1 aromatic heterocycles. The van der Waals surface area contributed by atoms with E-state index in [0.717, 1.165) is 25.1 Å². The highest BCUT2D eigenvalue weighted by Gasteiger charge is 2.12. The van der Waals surface area contributed by atoms with Crippen molar-refractivity contribution in [3.05, 3.63) is 11.9 Å². The summed E-state index contributed by atoms with van der Waals surface area (Å²) in [6, 6.07) is 0.482. The number of hydrogen-bond acceptors (Lipinski definition) is 3. The second-order valence-corrected chi connectivity index (χ2v) is 5.26. The van der Waals surface area contributed by atoms with Gasteiger partial charge in [-0.05, 0) is 33.6 Å². The summed E-state index contributed by atoms with van der Waals surface area (Å²) in [7, 11) is 0. The molecule has 0 unspecified atom stereocenters. The van der Waals surface area contributed by atoms with Gasteiger partial charge in [0.25, 0.3) is 0 Å². The topological polar surface area (TPSA) is 42.7 Å². The van der Waals surface area contributed by atoms with Crippen LogP contribution < -0.4 is 5.32 Å². The van der Waals surface area contributed by atoms with E-state index in [1.807, 2.05) is 4.68 Å². The predicted molar refractivity (Wildman–Crippen MR) is 66.2 cm³/mol. The van der Waals surface area contributed by atoms with Crippen LogP contribution in [-0.2, 0) is 6.54 Å². The molecule has 1 heterocycles. The van der Waals surface area contributed by atoms with Gasteiger partial charge in [0.1, 0.15) is 0 Å². The van der Waals surface area contributed by atoms with Gasteiger partial charge < -0.3 is 5.32 Å². The van der Waals surface area contributed by atoms with Crippen LogP contribution in [0.2, 0.25) is 0 Å². The molecule has 0 saturated carbocycles. The van der Waals surface area contributed by atoms with Crippen molar-refractivity contribution in [1.29, 1.82) is 0 Å². The van der Waals surface area contributed by atoms with E-state index < -0.39 is 0 Å². The standard InChI is InChI=1S/C12H24N4/c1-6-11(7-2)16-9-10(14-15-16)8-13-12(3,4)5/h9,11,13H,6-8H2,1-5H3. The van der Waals surface area contributed by atoms with Gasteiger partial charge in [-0.25, -0.2) is 4.68 Å². The van der Waals surface area contributed by atoms with Gasteiger partial charge in [0.05, 0.1) is 17.9 Å². The minimum atomic E-state index is 0.124. The highest BCUT2D eigenvalue weighted by molar-refractivity contribution is 4.94. The van der Waals surface area contributed by atoms with Crippen LogP contribution in [0.1, 0.15) is 59.2 Å². The third-order valence-corrected chi connectivity index (χ3v) is 2.67. The molecule has 0 bridgehead atoms. The summed E-state index contributed by atoms with van der Waals surface area (Å²) in [5.74, 6) is 0. The van der Waals surface area contributed by atoms with Crippen LogP contribution >= 0.6 is 0 Å². The van der Waals surface area contributed by atoms with Gasteiger partial charge in [0.2, 0.25) is 0 Å². The Bertz CT molecular complexity index is 307. The first-order chi connectivity index (χ1) is 7.46. The molecule has 0 amide bonds. The maximum atomic E-state index is 4.19. The molecule has 92 valence electrons. The van der Waals surface area contributed by atoms with Crippen molar-refractivity contribution in [1.82, 2.24) is 20.3 Å². The molecule has 1 rings (SSSR count). The van der Waals surface area contributed by atoms with E-state index in [4.69, 9.17) is 0 Å². The Morgan fingerprint density at radius 2 is 1.94 bits per heavy atom. The molecule has 0 radical (unpaired) electrons. The van der Waals surface area contributed by atoms with E-state index in [2.05, 4.69) is 56.4 Å². The van der Waals surface area contributed by atoms with E-state index in [9.17, 15) is 0 Å². The Labute approximate surface area is 98.4 Å². The lowest BCUT2D eigenvalue weighted by Crippen LogP contribution is -2.35. The zero-order valence-electron chi connectivity index (χ0n) is 11.1. The maximum absolute atomic E-state index is 4.19. The monoisotopic (exact) mass is 224 g/mol. The van der Waals surface area contributed by atoms with Gasteiger partial charge >= 0.3 is 0 Å². The molecule has 0 saturated heterocycles. The summed E-state index contributed by atoms with van der Waals surface area (Å²) in [5.41, 5.74) is 1.14. The van der Waals surface area contributed by atoms with Crippen molar-refractivity contribution in [3.63, 3.8) is 0 Å². The number of aromatic nitrogens is 3. The number of nitrogens with one attached hydrogen (secondary N) is 1. The molecule has 0 fully saturated rings. The average molecular weight is 224 g/mol. The molecule has 0 aliphatic heterocycles. The number of hydrogen-bond donors (Lipinski definition) is 1. The lowest BCUT2D eigenvalue weighted by Gasteiger charge is -2.19. The van der Waals surface area contributed by atoms with E-state index in [1.165, 1.54) is 0 Å². The summed E-state index contributed by atoms with van der Waals surface area (Å²) in [6.45, 7) is 11.6. The van der Waals surface area contributed by atoms with Crippen molar-refractivity contribution < 1.29 is 0 Å². The van der Waals surface area contributed by atoms with Crippen LogP contribution in [0.15, 0.2) is 6.20 Å².